The lowest BCUT2D eigenvalue weighted by molar-refractivity contribution is -0.383. The van der Waals surface area contributed by atoms with Crippen molar-refractivity contribution in [2.45, 2.75) is 192 Å². The summed E-state index contributed by atoms with van der Waals surface area (Å²) in [6.07, 6.45) is -10.5. The van der Waals surface area contributed by atoms with Crippen molar-refractivity contribution < 1.29 is 70.0 Å². The molecule has 14 heteroatoms. The molecule has 10 N–H and O–H groups in total. The predicted molar refractivity (Wildman–Crippen MR) is 202 cm³/mol. The Balaban J connectivity index is 1.25. The molecule has 2 heterocycles. The average molecular weight is 801 g/mol. The maximum Gasteiger partial charge on any atom is 0.187 e. The molecule has 21 atom stereocenters. The Hall–Kier alpha value is -0.820. The molecule has 6 aliphatic rings. The summed E-state index contributed by atoms with van der Waals surface area (Å²) in [4.78, 5) is 0. The smallest absolute Gasteiger partial charge is 0.187 e. The maximum atomic E-state index is 12.2. The zero-order valence-electron chi connectivity index (χ0n) is 34.6. The minimum atomic E-state index is -1.81. The molecule has 56 heavy (non-hydrogen) atoms. The molecule has 14 nitrogen and oxygen atoms in total. The maximum absolute atomic E-state index is 12.2. The average Bonchev–Trinajstić information content (AvgIpc) is 3.50. The molecule has 0 bridgehead atoms. The van der Waals surface area contributed by atoms with E-state index in [-0.39, 0.29) is 34.5 Å². The van der Waals surface area contributed by atoms with Crippen LogP contribution in [0.1, 0.15) is 107 Å². The van der Waals surface area contributed by atoms with Crippen molar-refractivity contribution in [3.05, 3.63) is 11.6 Å². The first-order valence-electron chi connectivity index (χ1n) is 21.0. The number of fused-ring (bicyclic) bond motifs is 5. The summed E-state index contributed by atoms with van der Waals surface area (Å²) >= 11 is 0. The van der Waals surface area contributed by atoms with E-state index in [1.54, 1.807) is 0 Å². The molecule has 4 saturated carbocycles. The normalized spacial score (nSPS) is 52.6. The van der Waals surface area contributed by atoms with E-state index >= 15 is 0 Å². The van der Waals surface area contributed by atoms with E-state index in [1.165, 1.54) is 5.57 Å². The number of hydrogen-bond donors (Lipinski definition) is 10. The summed E-state index contributed by atoms with van der Waals surface area (Å²) in [5, 5.41) is 110. The van der Waals surface area contributed by atoms with Crippen LogP contribution in [-0.4, -0.2) is 150 Å². The van der Waals surface area contributed by atoms with Crippen molar-refractivity contribution in [1.29, 1.82) is 0 Å². The van der Waals surface area contributed by atoms with Gasteiger partial charge in [-0.25, -0.2) is 0 Å². The van der Waals surface area contributed by atoms with Gasteiger partial charge in [-0.1, -0.05) is 46.3 Å². The van der Waals surface area contributed by atoms with Crippen molar-refractivity contribution in [2.24, 2.45) is 45.3 Å². The molecule has 2 saturated heterocycles. The third-order valence-corrected chi connectivity index (χ3v) is 16.5. The Kier molecular flexibility index (Phi) is 12.7. The second-order valence-electron chi connectivity index (χ2n) is 20.3. The molecule has 0 spiro atoms. The van der Waals surface area contributed by atoms with E-state index in [0.717, 1.165) is 32.1 Å². The Bertz CT molecular complexity index is 1400. The highest BCUT2D eigenvalue weighted by Crippen LogP contribution is 2.76. The standard InChI is InChI=1S/C42H72O14/c1-20(2)10-9-13-42(8,52)21-11-14-41(7)28(21)22(45)16-27-39(5)17-23(46)35(38(3,4)26(39)12-15-40(27,41)6)56-37-34(32(50)30(48)25(19-44)54-37)55-36-33(51)31(49)29(47)24(18-43)53-36/h10,21-37,43-52H,9,11-19H2,1-8H3/t21-,22+,23+,24+,25+,26-,27+,28-,29+,30+,31-,32-,33+,34+,35-,36-,37-,39-,40+,41+,42?/m0/s1. The van der Waals surface area contributed by atoms with E-state index in [4.69, 9.17) is 18.9 Å². The van der Waals surface area contributed by atoms with Gasteiger partial charge in [0.05, 0.1) is 37.1 Å². The number of allylic oxidation sites excluding steroid dienone is 2. The van der Waals surface area contributed by atoms with E-state index < -0.39 is 109 Å². The fraction of sp³-hybridized carbons (Fsp3) is 0.952. The van der Waals surface area contributed by atoms with Crippen LogP contribution in [0.25, 0.3) is 0 Å². The first-order chi connectivity index (χ1) is 26.0. The van der Waals surface area contributed by atoms with Crippen molar-refractivity contribution in [3.8, 4) is 0 Å². The fourth-order valence-corrected chi connectivity index (χ4v) is 13.5. The van der Waals surface area contributed by atoms with Gasteiger partial charge in [0.1, 0.15) is 48.8 Å². The van der Waals surface area contributed by atoms with Crippen LogP contribution in [0.2, 0.25) is 0 Å². The van der Waals surface area contributed by atoms with E-state index in [1.807, 2.05) is 20.8 Å². The minimum Gasteiger partial charge on any atom is -0.394 e. The fourth-order valence-electron chi connectivity index (χ4n) is 13.5. The highest BCUT2D eigenvalue weighted by Gasteiger charge is 2.72. The van der Waals surface area contributed by atoms with Gasteiger partial charge in [-0.15, -0.1) is 0 Å². The van der Waals surface area contributed by atoms with Crippen LogP contribution in [-0.2, 0) is 18.9 Å². The van der Waals surface area contributed by atoms with E-state index in [9.17, 15) is 51.1 Å². The lowest BCUT2D eigenvalue weighted by atomic mass is 9.35. The lowest BCUT2D eigenvalue weighted by Gasteiger charge is -2.71. The topological polar surface area (TPSA) is 239 Å². The van der Waals surface area contributed by atoms with Crippen LogP contribution in [0.15, 0.2) is 11.6 Å². The summed E-state index contributed by atoms with van der Waals surface area (Å²) in [6, 6.07) is 0. The van der Waals surface area contributed by atoms with Gasteiger partial charge < -0.3 is 70.0 Å². The molecule has 0 aromatic rings. The molecular weight excluding hydrogens is 728 g/mol. The third kappa shape index (κ3) is 7.16. The van der Waals surface area contributed by atoms with Gasteiger partial charge in [-0.05, 0) is 117 Å². The summed E-state index contributed by atoms with van der Waals surface area (Å²) in [5.74, 6) is -0.0322. The van der Waals surface area contributed by atoms with Gasteiger partial charge in [0.15, 0.2) is 12.6 Å². The van der Waals surface area contributed by atoms with Gasteiger partial charge in [-0.2, -0.15) is 0 Å². The van der Waals surface area contributed by atoms with Crippen LogP contribution >= 0.6 is 0 Å². The Morgan fingerprint density at radius 1 is 0.732 bits per heavy atom. The molecule has 4 aliphatic carbocycles. The molecule has 2 aliphatic heterocycles. The van der Waals surface area contributed by atoms with E-state index in [2.05, 4.69) is 40.7 Å². The van der Waals surface area contributed by atoms with Gasteiger partial charge in [0.25, 0.3) is 0 Å². The highest BCUT2D eigenvalue weighted by molar-refractivity contribution is 5.21. The molecule has 1 unspecified atom stereocenters. The summed E-state index contributed by atoms with van der Waals surface area (Å²) in [7, 11) is 0. The Labute approximate surface area is 331 Å². The number of aliphatic hydroxyl groups excluding tert-OH is 9. The van der Waals surface area contributed by atoms with Crippen molar-refractivity contribution in [3.63, 3.8) is 0 Å². The Morgan fingerprint density at radius 3 is 1.93 bits per heavy atom. The molecule has 0 amide bonds. The van der Waals surface area contributed by atoms with Crippen molar-refractivity contribution >= 4 is 0 Å². The third-order valence-electron chi connectivity index (χ3n) is 16.5. The number of aliphatic hydroxyl groups is 10. The lowest BCUT2D eigenvalue weighted by Crippen LogP contribution is -2.70. The van der Waals surface area contributed by atoms with Gasteiger partial charge in [0, 0.05) is 0 Å². The molecule has 6 rings (SSSR count). The summed E-state index contributed by atoms with van der Waals surface area (Å²) in [6.45, 7) is 15.7. The van der Waals surface area contributed by atoms with Crippen LogP contribution < -0.4 is 0 Å². The quantitative estimate of drug-likeness (QED) is 0.110. The van der Waals surface area contributed by atoms with Crippen LogP contribution in [0, 0.1) is 45.3 Å². The monoisotopic (exact) mass is 800 g/mol. The largest absolute Gasteiger partial charge is 0.394 e. The van der Waals surface area contributed by atoms with Crippen molar-refractivity contribution in [2.75, 3.05) is 13.2 Å². The zero-order chi connectivity index (χ0) is 41.5. The molecule has 0 aromatic heterocycles. The van der Waals surface area contributed by atoms with Gasteiger partial charge in [-0.3, -0.25) is 0 Å². The van der Waals surface area contributed by atoms with E-state index in [0.29, 0.717) is 19.3 Å². The van der Waals surface area contributed by atoms with Crippen LogP contribution in [0.4, 0.5) is 0 Å². The van der Waals surface area contributed by atoms with Crippen LogP contribution in [0.3, 0.4) is 0 Å². The first kappa shape index (κ1) is 44.7. The Morgan fingerprint density at radius 2 is 1.32 bits per heavy atom. The van der Waals surface area contributed by atoms with Crippen molar-refractivity contribution in [1.82, 2.24) is 0 Å². The highest BCUT2D eigenvalue weighted by atomic mass is 16.8. The van der Waals surface area contributed by atoms with Crippen LogP contribution in [0.5, 0.6) is 0 Å². The van der Waals surface area contributed by atoms with Gasteiger partial charge in [0.2, 0.25) is 0 Å². The molecule has 6 fully saturated rings. The SMILES string of the molecule is CC(C)=CCCC(C)(O)[C@H]1CC[C@]2(C)[C@@H]1[C@H](O)C[C@@H]1[C@@]3(C)C[C@@H](O)[C@H](O[C@@H]4O[C@H](CO)[C@@H](O)[C@H](O)[C@H]4O[C@@H]4O[C@H](CO)[C@@H](O)[C@H](O)[C@H]4O)C(C)(C)[C@@H]3CC[C@]12C. The predicted octanol–water partition coefficient (Wildman–Crippen LogP) is 1.12. The second-order valence-corrected chi connectivity index (χ2v) is 20.3. The summed E-state index contributed by atoms with van der Waals surface area (Å²) in [5.41, 5.74) is -1.25. The molecular formula is C42H72O14. The molecule has 0 aromatic carbocycles. The number of ether oxygens (including phenoxy) is 4. The van der Waals surface area contributed by atoms with Gasteiger partial charge >= 0.3 is 0 Å². The molecule has 0 radical (unpaired) electrons. The number of hydrogen-bond acceptors (Lipinski definition) is 14. The second kappa shape index (κ2) is 15.9. The first-order valence-corrected chi connectivity index (χ1v) is 21.0. The molecule has 324 valence electrons. The minimum absolute atomic E-state index is 0.00996. The zero-order valence-corrected chi connectivity index (χ0v) is 34.6. The summed E-state index contributed by atoms with van der Waals surface area (Å²) < 4.78 is 24.1. The number of rotatable bonds is 10.